The molecule has 25 heavy (non-hydrogen) atoms. The SMILES string of the molecule is Cc1ccc(C)c(N2CC(C(=O)NCCN3CCOCC3)CC2=O)c1. The predicted molar refractivity (Wildman–Crippen MR) is 96.6 cm³/mol. The third-order valence-electron chi connectivity index (χ3n) is 4.98. The van der Waals surface area contributed by atoms with Crippen LogP contribution in [0.15, 0.2) is 18.2 Å². The monoisotopic (exact) mass is 345 g/mol. The largest absolute Gasteiger partial charge is 0.379 e. The molecule has 136 valence electrons. The van der Waals surface area contributed by atoms with Crippen molar-refractivity contribution in [2.45, 2.75) is 20.3 Å². The number of carbonyl (C=O) groups is 2. The number of rotatable bonds is 5. The van der Waals surface area contributed by atoms with E-state index in [4.69, 9.17) is 4.74 Å². The van der Waals surface area contributed by atoms with E-state index in [-0.39, 0.29) is 24.2 Å². The van der Waals surface area contributed by atoms with Crippen molar-refractivity contribution in [1.82, 2.24) is 10.2 Å². The summed E-state index contributed by atoms with van der Waals surface area (Å²) in [7, 11) is 0. The van der Waals surface area contributed by atoms with E-state index in [1.165, 1.54) is 0 Å². The molecule has 6 heteroatoms. The minimum atomic E-state index is -0.267. The predicted octanol–water partition coefficient (Wildman–Crippen LogP) is 1.10. The third-order valence-corrected chi connectivity index (χ3v) is 4.98. The normalized spacial score (nSPS) is 21.6. The number of hydrogen-bond donors (Lipinski definition) is 1. The molecule has 0 bridgehead atoms. The molecule has 0 radical (unpaired) electrons. The fourth-order valence-corrected chi connectivity index (χ4v) is 3.43. The molecule has 1 unspecified atom stereocenters. The van der Waals surface area contributed by atoms with E-state index in [0.717, 1.165) is 49.7 Å². The summed E-state index contributed by atoms with van der Waals surface area (Å²) in [5, 5.41) is 2.99. The molecule has 3 rings (SSSR count). The average molecular weight is 345 g/mol. The van der Waals surface area contributed by atoms with Crippen LogP contribution >= 0.6 is 0 Å². The Balaban J connectivity index is 1.52. The Morgan fingerprint density at radius 2 is 2.04 bits per heavy atom. The van der Waals surface area contributed by atoms with Gasteiger partial charge < -0.3 is 15.0 Å². The Hall–Kier alpha value is -1.92. The molecular weight excluding hydrogens is 318 g/mol. The van der Waals surface area contributed by atoms with E-state index in [0.29, 0.717) is 13.1 Å². The first-order valence-corrected chi connectivity index (χ1v) is 9.00. The van der Waals surface area contributed by atoms with E-state index in [1.807, 2.05) is 32.0 Å². The average Bonchev–Trinajstić information content (AvgIpc) is 3.00. The third kappa shape index (κ3) is 4.38. The maximum Gasteiger partial charge on any atom is 0.227 e. The van der Waals surface area contributed by atoms with Gasteiger partial charge in [-0.15, -0.1) is 0 Å². The number of anilines is 1. The van der Waals surface area contributed by atoms with Crippen molar-refractivity contribution in [3.05, 3.63) is 29.3 Å². The van der Waals surface area contributed by atoms with Gasteiger partial charge in [-0.1, -0.05) is 12.1 Å². The Bertz CT molecular complexity index is 641. The summed E-state index contributed by atoms with van der Waals surface area (Å²) in [5.74, 6) is -0.256. The number of morpholine rings is 1. The molecule has 0 saturated carbocycles. The Labute approximate surface area is 149 Å². The smallest absolute Gasteiger partial charge is 0.227 e. The molecule has 0 aliphatic carbocycles. The van der Waals surface area contributed by atoms with Gasteiger partial charge in [-0.05, 0) is 31.0 Å². The highest BCUT2D eigenvalue weighted by Crippen LogP contribution is 2.28. The van der Waals surface area contributed by atoms with E-state index >= 15 is 0 Å². The van der Waals surface area contributed by atoms with Gasteiger partial charge in [0.1, 0.15) is 0 Å². The minimum Gasteiger partial charge on any atom is -0.379 e. The van der Waals surface area contributed by atoms with Gasteiger partial charge in [0, 0.05) is 44.8 Å². The van der Waals surface area contributed by atoms with Crippen molar-refractivity contribution in [2.75, 3.05) is 50.8 Å². The molecule has 1 N–H and O–H groups in total. The summed E-state index contributed by atoms with van der Waals surface area (Å²) < 4.78 is 5.32. The van der Waals surface area contributed by atoms with Crippen LogP contribution in [0.5, 0.6) is 0 Å². The van der Waals surface area contributed by atoms with Crippen molar-refractivity contribution >= 4 is 17.5 Å². The number of amides is 2. The van der Waals surface area contributed by atoms with Crippen LogP contribution < -0.4 is 10.2 Å². The summed E-state index contributed by atoms with van der Waals surface area (Å²) in [5.41, 5.74) is 3.10. The van der Waals surface area contributed by atoms with Gasteiger partial charge >= 0.3 is 0 Å². The van der Waals surface area contributed by atoms with Crippen molar-refractivity contribution in [3.63, 3.8) is 0 Å². The molecule has 2 amide bonds. The number of benzene rings is 1. The van der Waals surface area contributed by atoms with Crippen LogP contribution in [0.3, 0.4) is 0 Å². The van der Waals surface area contributed by atoms with Gasteiger partial charge in [-0.3, -0.25) is 14.5 Å². The van der Waals surface area contributed by atoms with Gasteiger partial charge in [-0.2, -0.15) is 0 Å². The van der Waals surface area contributed by atoms with Crippen LogP contribution in [0.4, 0.5) is 5.69 Å². The lowest BCUT2D eigenvalue weighted by Gasteiger charge is -2.26. The second-order valence-corrected chi connectivity index (χ2v) is 6.94. The molecule has 2 aliphatic rings. The second kappa shape index (κ2) is 7.97. The highest BCUT2D eigenvalue weighted by molar-refractivity contribution is 6.00. The number of nitrogens with one attached hydrogen (secondary N) is 1. The Morgan fingerprint density at radius 3 is 2.80 bits per heavy atom. The minimum absolute atomic E-state index is 0.0191. The van der Waals surface area contributed by atoms with Crippen LogP contribution in [0.1, 0.15) is 17.5 Å². The number of hydrogen-bond acceptors (Lipinski definition) is 4. The van der Waals surface area contributed by atoms with Crippen LogP contribution in [-0.4, -0.2) is 62.7 Å². The Kier molecular flexibility index (Phi) is 5.71. The van der Waals surface area contributed by atoms with Crippen LogP contribution in [0, 0.1) is 19.8 Å². The lowest BCUT2D eigenvalue weighted by Crippen LogP contribution is -2.42. The fraction of sp³-hybridized carbons (Fsp3) is 0.579. The molecule has 0 spiro atoms. The van der Waals surface area contributed by atoms with E-state index < -0.39 is 0 Å². The van der Waals surface area contributed by atoms with Crippen molar-refractivity contribution in [3.8, 4) is 0 Å². The molecule has 0 aromatic heterocycles. The van der Waals surface area contributed by atoms with E-state index in [1.54, 1.807) is 4.90 Å². The summed E-state index contributed by atoms with van der Waals surface area (Å²) in [6.07, 6.45) is 0.288. The summed E-state index contributed by atoms with van der Waals surface area (Å²) in [6, 6.07) is 6.08. The first kappa shape index (κ1) is 17.9. The van der Waals surface area contributed by atoms with Gasteiger partial charge in [0.05, 0.1) is 19.1 Å². The standard InChI is InChI=1S/C19H27N3O3/c1-14-3-4-15(2)17(11-14)22-13-16(12-18(22)23)19(24)20-5-6-21-7-9-25-10-8-21/h3-4,11,16H,5-10,12-13H2,1-2H3,(H,20,24). The molecule has 2 fully saturated rings. The number of ether oxygens (including phenoxy) is 1. The van der Waals surface area contributed by atoms with E-state index in [9.17, 15) is 9.59 Å². The lowest BCUT2D eigenvalue weighted by molar-refractivity contribution is -0.126. The Morgan fingerprint density at radius 1 is 1.28 bits per heavy atom. The molecule has 1 atom stereocenters. The second-order valence-electron chi connectivity index (χ2n) is 6.94. The highest BCUT2D eigenvalue weighted by Gasteiger charge is 2.35. The summed E-state index contributed by atoms with van der Waals surface area (Å²) >= 11 is 0. The zero-order chi connectivity index (χ0) is 17.8. The van der Waals surface area contributed by atoms with Crippen LogP contribution in [0.2, 0.25) is 0 Å². The van der Waals surface area contributed by atoms with Gasteiger partial charge in [0.25, 0.3) is 0 Å². The molecule has 6 nitrogen and oxygen atoms in total. The van der Waals surface area contributed by atoms with Crippen molar-refractivity contribution < 1.29 is 14.3 Å². The zero-order valence-corrected chi connectivity index (χ0v) is 15.1. The van der Waals surface area contributed by atoms with Gasteiger partial charge in [0.2, 0.25) is 11.8 Å². The van der Waals surface area contributed by atoms with Crippen molar-refractivity contribution in [1.29, 1.82) is 0 Å². The maximum atomic E-state index is 12.4. The van der Waals surface area contributed by atoms with E-state index in [2.05, 4.69) is 10.2 Å². The quantitative estimate of drug-likeness (QED) is 0.868. The molecule has 2 heterocycles. The number of carbonyl (C=O) groups excluding carboxylic acids is 2. The summed E-state index contributed by atoms with van der Waals surface area (Å²) in [4.78, 5) is 28.9. The van der Waals surface area contributed by atoms with Gasteiger partial charge in [-0.25, -0.2) is 0 Å². The van der Waals surface area contributed by atoms with Crippen LogP contribution in [-0.2, 0) is 14.3 Å². The fourth-order valence-electron chi connectivity index (χ4n) is 3.43. The molecule has 1 aromatic carbocycles. The van der Waals surface area contributed by atoms with Gasteiger partial charge in [0.15, 0.2) is 0 Å². The molecule has 2 aliphatic heterocycles. The van der Waals surface area contributed by atoms with Crippen LogP contribution in [0.25, 0.3) is 0 Å². The lowest BCUT2D eigenvalue weighted by atomic mass is 10.1. The molecule has 1 aromatic rings. The van der Waals surface area contributed by atoms with Crippen molar-refractivity contribution in [2.24, 2.45) is 5.92 Å². The topological polar surface area (TPSA) is 61.9 Å². The zero-order valence-electron chi connectivity index (χ0n) is 15.1. The number of aryl methyl sites for hydroxylation is 2. The number of nitrogens with zero attached hydrogens (tertiary/aromatic N) is 2. The maximum absolute atomic E-state index is 12.4. The molecular formula is C19H27N3O3. The highest BCUT2D eigenvalue weighted by atomic mass is 16.5. The molecule has 2 saturated heterocycles. The first-order chi connectivity index (χ1) is 12.0. The first-order valence-electron chi connectivity index (χ1n) is 9.00. The summed E-state index contributed by atoms with van der Waals surface area (Å²) in [6.45, 7) is 9.27.